The van der Waals surface area contributed by atoms with Gasteiger partial charge >= 0.3 is 0 Å². The summed E-state index contributed by atoms with van der Waals surface area (Å²) in [5, 5.41) is 13.1. The van der Waals surface area contributed by atoms with Crippen LogP contribution in [0.2, 0.25) is 0 Å². The Kier molecular flexibility index (Phi) is 9.54. The Morgan fingerprint density at radius 1 is 1.06 bits per heavy atom. The molecular weight excluding hydrogens is 416 g/mol. The minimum atomic E-state index is -0.711. The molecule has 0 aromatic heterocycles. The fourth-order valence-corrected chi connectivity index (χ4v) is 3.91. The van der Waals surface area contributed by atoms with E-state index < -0.39 is 6.10 Å². The van der Waals surface area contributed by atoms with Gasteiger partial charge in [0.2, 0.25) is 5.91 Å². The second-order valence-electron chi connectivity index (χ2n) is 9.03. The Bertz CT molecular complexity index is 836. The topological polar surface area (TPSA) is 91.1 Å². The van der Waals surface area contributed by atoms with Crippen LogP contribution in [0.3, 0.4) is 0 Å². The molecule has 1 heterocycles. The number of carbonyl (C=O) groups is 1. The maximum atomic E-state index is 12.3. The Morgan fingerprint density at radius 3 is 2.36 bits per heavy atom. The third-order valence-corrected chi connectivity index (χ3v) is 6.17. The van der Waals surface area contributed by atoms with Crippen LogP contribution in [0, 0.1) is 5.92 Å². The van der Waals surface area contributed by atoms with E-state index in [0.717, 1.165) is 38.3 Å². The number of aliphatic hydroxyl groups is 1. The van der Waals surface area contributed by atoms with Crippen LogP contribution in [0.4, 0.5) is 5.69 Å². The molecule has 2 aromatic carbocycles. The minimum absolute atomic E-state index is 0.0184. The molecule has 1 aliphatic rings. The number of nitrogens with two attached hydrogens (primary N) is 1. The van der Waals surface area contributed by atoms with Crippen molar-refractivity contribution in [2.45, 2.75) is 32.4 Å². The molecule has 180 valence electrons. The quantitative estimate of drug-likeness (QED) is 0.480. The third kappa shape index (κ3) is 8.03. The summed E-state index contributed by atoms with van der Waals surface area (Å²) < 4.78 is 5.63. The molecule has 7 heteroatoms. The number of hydrogen-bond donors (Lipinski definition) is 3. The molecule has 0 saturated carbocycles. The summed E-state index contributed by atoms with van der Waals surface area (Å²) in [6.07, 6.45) is -0.375. The summed E-state index contributed by atoms with van der Waals surface area (Å²) in [5.41, 5.74) is 8.14. The summed E-state index contributed by atoms with van der Waals surface area (Å²) in [6, 6.07) is 17.6. The van der Waals surface area contributed by atoms with Gasteiger partial charge in [-0.05, 0) is 35.7 Å². The zero-order chi connectivity index (χ0) is 23.6. The minimum Gasteiger partial charge on any atom is -0.491 e. The lowest BCUT2D eigenvalue weighted by Crippen LogP contribution is -2.48. The number of carbonyl (C=O) groups excluding carboxylic acids is 1. The summed E-state index contributed by atoms with van der Waals surface area (Å²) in [4.78, 5) is 17.1. The SMILES string of the molecule is CC(C)C(N)C(O)COc1ccc(CC(=O)NCCN2CCN(c3ccccc3)CC2)cc1. The molecule has 7 nitrogen and oxygen atoms in total. The van der Waals surface area contributed by atoms with Crippen LogP contribution >= 0.6 is 0 Å². The largest absolute Gasteiger partial charge is 0.491 e. The van der Waals surface area contributed by atoms with Crippen molar-refractivity contribution in [1.29, 1.82) is 0 Å². The number of anilines is 1. The molecule has 3 rings (SSSR count). The van der Waals surface area contributed by atoms with Crippen molar-refractivity contribution < 1.29 is 14.6 Å². The van der Waals surface area contributed by atoms with Crippen LogP contribution in [-0.4, -0.2) is 73.9 Å². The molecule has 0 aliphatic carbocycles. The van der Waals surface area contributed by atoms with E-state index in [1.807, 2.05) is 44.2 Å². The number of aliphatic hydroxyl groups excluding tert-OH is 1. The summed E-state index contributed by atoms with van der Waals surface area (Å²) in [7, 11) is 0. The van der Waals surface area contributed by atoms with Gasteiger partial charge in [-0.25, -0.2) is 0 Å². The Morgan fingerprint density at radius 2 is 1.73 bits per heavy atom. The van der Waals surface area contributed by atoms with Crippen molar-refractivity contribution in [1.82, 2.24) is 10.2 Å². The zero-order valence-corrected chi connectivity index (χ0v) is 19.8. The van der Waals surface area contributed by atoms with Gasteiger partial charge in [-0.1, -0.05) is 44.2 Å². The number of ether oxygens (including phenoxy) is 1. The molecule has 0 spiro atoms. The van der Waals surface area contributed by atoms with Gasteiger partial charge in [0, 0.05) is 51.0 Å². The van der Waals surface area contributed by atoms with Crippen LogP contribution in [0.5, 0.6) is 5.75 Å². The first-order valence-corrected chi connectivity index (χ1v) is 11.9. The lowest BCUT2D eigenvalue weighted by molar-refractivity contribution is -0.120. The molecule has 2 atom stereocenters. The van der Waals surface area contributed by atoms with E-state index in [2.05, 4.69) is 39.4 Å². The fourth-order valence-electron chi connectivity index (χ4n) is 3.91. The Hall–Kier alpha value is -2.61. The number of amides is 1. The van der Waals surface area contributed by atoms with E-state index in [1.54, 1.807) is 0 Å². The normalized spacial score (nSPS) is 16.5. The van der Waals surface area contributed by atoms with E-state index >= 15 is 0 Å². The highest BCUT2D eigenvalue weighted by Gasteiger charge is 2.19. The van der Waals surface area contributed by atoms with Gasteiger partial charge in [0.05, 0.1) is 6.42 Å². The second-order valence-corrected chi connectivity index (χ2v) is 9.03. The maximum Gasteiger partial charge on any atom is 0.224 e. The molecule has 4 N–H and O–H groups in total. The second kappa shape index (κ2) is 12.6. The number of rotatable bonds is 11. The molecule has 1 fully saturated rings. The van der Waals surface area contributed by atoms with Gasteiger partial charge in [-0.2, -0.15) is 0 Å². The summed E-state index contributed by atoms with van der Waals surface area (Å²) in [5.74, 6) is 0.858. The van der Waals surface area contributed by atoms with E-state index in [4.69, 9.17) is 10.5 Å². The number of piperazine rings is 1. The standard InChI is InChI=1S/C26H38N4O3/c1-20(2)26(27)24(31)19-33-23-10-8-21(9-11-23)18-25(32)28-12-13-29-14-16-30(17-15-29)22-6-4-3-5-7-22/h3-11,20,24,26,31H,12-19,27H2,1-2H3,(H,28,32). The number of benzene rings is 2. The number of para-hydroxylation sites is 1. The smallest absolute Gasteiger partial charge is 0.224 e. The van der Waals surface area contributed by atoms with Gasteiger partial charge in [-0.3, -0.25) is 9.69 Å². The summed E-state index contributed by atoms with van der Waals surface area (Å²) in [6.45, 7) is 9.63. The molecular formula is C26H38N4O3. The van der Waals surface area contributed by atoms with Crippen LogP contribution in [-0.2, 0) is 11.2 Å². The monoisotopic (exact) mass is 454 g/mol. The molecule has 1 aliphatic heterocycles. The molecule has 1 saturated heterocycles. The van der Waals surface area contributed by atoms with Gasteiger partial charge in [-0.15, -0.1) is 0 Å². The van der Waals surface area contributed by atoms with E-state index in [9.17, 15) is 9.90 Å². The molecule has 2 unspecified atom stereocenters. The first-order valence-electron chi connectivity index (χ1n) is 11.9. The van der Waals surface area contributed by atoms with Crippen molar-refractivity contribution in [3.8, 4) is 5.75 Å². The van der Waals surface area contributed by atoms with Crippen molar-refractivity contribution in [2.24, 2.45) is 11.7 Å². The first kappa shape index (κ1) is 25.0. The predicted octanol–water partition coefficient (Wildman–Crippen LogP) is 1.89. The Labute approximate surface area is 197 Å². The lowest BCUT2D eigenvalue weighted by Gasteiger charge is -2.36. The summed E-state index contributed by atoms with van der Waals surface area (Å²) >= 11 is 0. The van der Waals surface area contributed by atoms with E-state index in [-0.39, 0.29) is 24.5 Å². The van der Waals surface area contributed by atoms with E-state index in [1.165, 1.54) is 5.69 Å². The highest BCUT2D eigenvalue weighted by atomic mass is 16.5. The van der Waals surface area contributed by atoms with Crippen LogP contribution < -0.4 is 20.7 Å². The average Bonchev–Trinajstić information content (AvgIpc) is 2.84. The molecule has 0 bridgehead atoms. The molecule has 33 heavy (non-hydrogen) atoms. The van der Waals surface area contributed by atoms with E-state index in [0.29, 0.717) is 18.7 Å². The highest BCUT2D eigenvalue weighted by Crippen LogP contribution is 2.16. The predicted molar refractivity (Wildman–Crippen MR) is 133 cm³/mol. The van der Waals surface area contributed by atoms with Gasteiger partial charge in [0.1, 0.15) is 18.5 Å². The number of nitrogens with one attached hydrogen (secondary N) is 1. The molecule has 0 radical (unpaired) electrons. The van der Waals surface area contributed by atoms with Crippen molar-refractivity contribution in [3.05, 3.63) is 60.2 Å². The van der Waals surface area contributed by atoms with Crippen molar-refractivity contribution >= 4 is 11.6 Å². The third-order valence-electron chi connectivity index (χ3n) is 6.17. The number of nitrogens with zero attached hydrogens (tertiary/aromatic N) is 2. The Balaban J connectivity index is 1.31. The zero-order valence-electron chi connectivity index (χ0n) is 19.8. The molecule has 2 aromatic rings. The average molecular weight is 455 g/mol. The van der Waals surface area contributed by atoms with Crippen LogP contribution in [0.1, 0.15) is 19.4 Å². The first-order chi connectivity index (χ1) is 15.9. The molecule has 1 amide bonds. The van der Waals surface area contributed by atoms with Crippen LogP contribution in [0.25, 0.3) is 0 Å². The van der Waals surface area contributed by atoms with Crippen molar-refractivity contribution in [2.75, 3.05) is 50.8 Å². The highest BCUT2D eigenvalue weighted by molar-refractivity contribution is 5.78. The van der Waals surface area contributed by atoms with Gasteiger partial charge in [0.25, 0.3) is 0 Å². The maximum absolute atomic E-state index is 12.3. The van der Waals surface area contributed by atoms with Gasteiger partial charge in [0.15, 0.2) is 0 Å². The fraction of sp³-hybridized carbons (Fsp3) is 0.500. The van der Waals surface area contributed by atoms with Gasteiger partial charge < -0.3 is 25.8 Å². The van der Waals surface area contributed by atoms with Crippen molar-refractivity contribution in [3.63, 3.8) is 0 Å². The number of hydrogen-bond acceptors (Lipinski definition) is 6. The van der Waals surface area contributed by atoms with Crippen LogP contribution in [0.15, 0.2) is 54.6 Å². The lowest BCUT2D eigenvalue weighted by atomic mass is 10.0.